The highest BCUT2D eigenvalue weighted by Gasteiger charge is 2.26. The summed E-state index contributed by atoms with van der Waals surface area (Å²) in [4.78, 5) is 0. The van der Waals surface area contributed by atoms with Crippen LogP contribution >= 0.6 is 22.6 Å². The molecule has 0 saturated heterocycles. The van der Waals surface area contributed by atoms with E-state index in [1.807, 2.05) is 0 Å². The second-order valence-electron chi connectivity index (χ2n) is 5.35. The van der Waals surface area contributed by atoms with Crippen molar-refractivity contribution in [2.45, 2.75) is 38.6 Å². The second kappa shape index (κ2) is 6.19. The van der Waals surface area contributed by atoms with Crippen LogP contribution in [0.3, 0.4) is 0 Å². The van der Waals surface area contributed by atoms with E-state index in [9.17, 15) is 0 Å². The third kappa shape index (κ3) is 3.44. The number of benzene rings is 1. The van der Waals surface area contributed by atoms with Gasteiger partial charge in [-0.05, 0) is 72.0 Å². The van der Waals surface area contributed by atoms with E-state index in [0.29, 0.717) is 6.04 Å². The minimum Gasteiger partial charge on any atom is -0.313 e. The van der Waals surface area contributed by atoms with Gasteiger partial charge in [0.05, 0.1) is 0 Å². The van der Waals surface area contributed by atoms with Gasteiger partial charge in [-0.1, -0.05) is 31.9 Å². The molecule has 0 aromatic heterocycles. The predicted octanol–water partition coefficient (Wildman–Crippen LogP) is 4.38. The third-order valence-corrected chi connectivity index (χ3v) is 4.71. The molecule has 0 radical (unpaired) electrons. The Bertz CT molecular complexity index is 346. The van der Waals surface area contributed by atoms with Crippen molar-refractivity contribution in [2.24, 2.45) is 11.8 Å². The van der Waals surface area contributed by atoms with Crippen molar-refractivity contribution < 1.29 is 0 Å². The Labute approximate surface area is 119 Å². The SMILES string of the molecule is CNC(c1ccc(I)cc1)C1CCCC(C)C1. The summed E-state index contributed by atoms with van der Waals surface area (Å²) in [6.45, 7) is 2.40. The Hall–Kier alpha value is -0.0900. The number of rotatable bonds is 3. The average molecular weight is 343 g/mol. The zero-order chi connectivity index (χ0) is 12.3. The number of hydrogen-bond donors (Lipinski definition) is 1. The van der Waals surface area contributed by atoms with Gasteiger partial charge in [-0.15, -0.1) is 0 Å². The van der Waals surface area contributed by atoms with Crippen LogP contribution in [-0.2, 0) is 0 Å². The first-order valence-corrected chi connectivity index (χ1v) is 7.71. The largest absolute Gasteiger partial charge is 0.313 e. The first kappa shape index (κ1) is 13.3. The van der Waals surface area contributed by atoms with Gasteiger partial charge in [-0.25, -0.2) is 0 Å². The van der Waals surface area contributed by atoms with Gasteiger partial charge in [-0.2, -0.15) is 0 Å². The van der Waals surface area contributed by atoms with Crippen LogP contribution in [-0.4, -0.2) is 7.05 Å². The summed E-state index contributed by atoms with van der Waals surface area (Å²) < 4.78 is 1.32. The van der Waals surface area contributed by atoms with Crippen molar-refractivity contribution in [3.8, 4) is 0 Å². The quantitative estimate of drug-likeness (QED) is 0.804. The Kier molecular flexibility index (Phi) is 4.86. The highest BCUT2D eigenvalue weighted by molar-refractivity contribution is 14.1. The van der Waals surface area contributed by atoms with E-state index in [2.05, 4.69) is 66.1 Å². The molecule has 1 N–H and O–H groups in total. The lowest BCUT2D eigenvalue weighted by atomic mass is 9.77. The van der Waals surface area contributed by atoms with Gasteiger partial charge < -0.3 is 5.32 Å². The summed E-state index contributed by atoms with van der Waals surface area (Å²) >= 11 is 2.37. The molecule has 1 fully saturated rings. The summed E-state index contributed by atoms with van der Waals surface area (Å²) in [6.07, 6.45) is 5.56. The Morgan fingerprint density at radius 1 is 1.24 bits per heavy atom. The lowest BCUT2D eigenvalue weighted by Crippen LogP contribution is -2.28. The van der Waals surface area contributed by atoms with E-state index in [1.165, 1.54) is 34.8 Å². The minimum absolute atomic E-state index is 0.537. The Morgan fingerprint density at radius 2 is 1.94 bits per heavy atom. The van der Waals surface area contributed by atoms with Gasteiger partial charge in [0.1, 0.15) is 0 Å². The van der Waals surface area contributed by atoms with Gasteiger partial charge in [0.2, 0.25) is 0 Å². The molecule has 0 heterocycles. The molecule has 0 amide bonds. The molecule has 1 aliphatic rings. The fraction of sp³-hybridized carbons (Fsp3) is 0.600. The molecule has 94 valence electrons. The monoisotopic (exact) mass is 343 g/mol. The van der Waals surface area contributed by atoms with Crippen molar-refractivity contribution in [3.05, 3.63) is 33.4 Å². The fourth-order valence-corrected chi connectivity index (χ4v) is 3.49. The van der Waals surface area contributed by atoms with E-state index in [4.69, 9.17) is 0 Å². The van der Waals surface area contributed by atoms with Crippen LogP contribution in [0.5, 0.6) is 0 Å². The van der Waals surface area contributed by atoms with E-state index < -0.39 is 0 Å². The number of nitrogens with one attached hydrogen (secondary N) is 1. The molecule has 1 nitrogen and oxygen atoms in total. The molecule has 1 aromatic rings. The standard InChI is InChI=1S/C15H22IN/c1-11-4-3-5-13(10-11)15(17-2)12-6-8-14(16)9-7-12/h6-9,11,13,15,17H,3-5,10H2,1-2H3. The molecule has 1 aliphatic carbocycles. The van der Waals surface area contributed by atoms with E-state index in [1.54, 1.807) is 0 Å². The topological polar surface area (TPSA) is 12.0 Å². The van der Waals surface area contributed by atoms with E-state index in [-0.39, 0.29) is 0 Å². The smallest absolute Gasteiger partial charge is 0.0346 e. The van der Waals surface area contributed by atoms with Gasteiger partial charge in [0.15, 0.2) is 0 Å². The van der Waals surface area contributed by atoms with Gasteiger partial charge in [0.25, 0.3) is 0 Å². The van der Waals surface area contributed by atoms with Crippen LogP contribution < -0.4 is 5.32 Å². The van der Waals surface area contributed by atoms with Crippen molar-refractivity contribution in [2.75, 3.05) is 7.05 Å². The normalized spacial score (nSPS) is 26.8. The summed E-state index contributed by atoms with van der Waals surface area (Å²) in [7, 11) is 2.10. The van der Waals surface area contributed by atoms with Crippen molar-refractivity contribution in [1.82, 2.24) is 5.32 Å². The maximum absolute atomic E-state index is 3.53. The van der Waals surface area contributed by atoms with Gasteiger partial charge >= 0.3 is 0 Å². The lowest BCUT2D eigenvalue weighted by molar-refractivity contribution is 0.230. The first-order chi connectivity index (χ1) is 8.20. The Morgan fingerprint density at radius 3 is 2.53 bits per heavy atom. The summed E-state index contributed by atoms with van der Waals surface area (Å²) in [5.74, 6) is 1.71. The minimum atomic E-state index is 0.537. The molecule has 2 rings (SSSR count). The van der Waals surface area contributed by atoms with Crippen molar-refractivity contribution in [3.63, 3.8) is 0 Å². The summed E-state index contributed by atoms with van der Waals surface area (Å²) in [5.41, 5.74) is 1.45. The molecule has 1 aromatic carbocycles. The Balaban J connectivity index is 2.12. The highest BCUT2D eigenvalue weighted by Crippen LogP contribution is 2.36. The zero-order valence-corrected chi connectivity index (χ0v) is 12.9. The van der Waals surface area contributed by atoms with Crippen LogP contribution in [0.1, 0.15) is 44.2 Å². The van der Waals surface area contributed by atoms with Crippen LogP contribution in [0.4, 0.5) is 0 Å². The van der Waals surface area contributed by atoms with Crippen LogP contribution in [0.25, 0.3) is 0 Å². The first-order valence-electron chi connectivity index (χ1n) is 6.63. The van der Waals surface area contributed by atoms with Crippen molar-refractivity contribution in [1.29, 1.82) is 0 Å². The van der Waals surface area contributed by atoms with Crippen LogP contribution in [0, 0.1) is 15.4 Å². The summed E-state index contributed by atoms with van der Waals surface area (Å²) in [6, 6.07) is 9.53. The molecule has 0 aliphatic heterocycles. The number of halogens is 1. The molecule has 3 unspecified atom stereocenters. The fourth-order valence-electron chi connectivity index (χ4n) is 3.13. The molecule has 0 spiro atoms. The number of hydrogen-bond acceptors (Lipinski definition) is 1. The van der Waals surface area contributed by atoms with Crippen molar-refractivity contribution >= 4 is 22.6 Å². The molecular weight excluding hydrogens is 321 g/mol. The van der Waals surface area contributed by atoms with Crippen LogP contribution in [0.15, 0.2) is 24.3 Å². The average Bonchev–Trinajstić information content (AvgIpc) is 2.33. The third-order valence-electron chi connectivity index (χ3n) is 3.99. The maximum Gasteiger partial charge on any atom is 0.0346 e. The summed E-state index contributed by atoms with van der Waals surface area (Å²) in [5, 5.41) is 3.53. The molecule has 17 heavy (non-hydrogen) atoms. The lowest BCUT2D eigenvalue weighted by Gasteiger charge is -2.33. The van der Waals surface area contributed by atoms with E-state index in [0.717, 1.165) is 11.8 Å². The molecular formula is C15H22IN. The van der Waals surface area contributed by atoms with E-state index >= 15 is 0 Å². The molecule has 3 atom stereocenters. The second-order valence-corrected chi connectivity index (χ2v) is 6.60. The zero-order valence-electron chi connectivity index (χ0n) is 10.7. The highest BCUT2D eigenvalue weighted by atomic mass is 127. The predicted molar refractivity (Wildman–Crippen MR) is 82.1 cm³/mol. The molecule has 2 heteroatoms. The van der Waals surface area contributed by atoms with Gasteiger partial charge in [0, 0.05) is 9.61 Å². The van der Waals surface area contributed by atoms with Crippen LogP contribution in [0.2, 0.25) is 0 Å². The maximum atomic E-state index is 3.53. The molecule has 1 saturated carbocycles. The molecule has 0 bridgehead atoms. The van der Waals surface area contributed by atoms with Gasteiger partial charge in [-0.3, -0.25) is 0 Å².